The fourth-order valence-electron chi connectivity index (χ4n) is 1.00. The summed E-state index contributed by atoms with van der Waals surface area (Å²) in [6.07, 6.45) is 0.0584. The zero-order valence-corrected chi connectivity index (χ0v) is 9.05. The Morgan fingerprint density at radius 1 is 1.12 bits per heavy atom. The van der Waals surface area contributed by atoms with Gasteiger partial charge in [0.05, 0.1) is 6.42 Å². The third kappa shape index (κ3) is 4.27. The molecule has 2 N–H and O–H groups in total. The average Bonchev–Trinajstić information content (AvgIpc) is 2.29. The lowest BCUT2D eigenvalue weighted by molar-refractivity contribution is -0.127. The summed E-state index contributed by atoms with van der Waals surface area (Å²) in [7, 11) is 0. The fourth-order valence-corrected chi connectivity index (χ4v) is 1.07. The zero-order chi connectivity index (χ0) is 12.0. The highest BCUT2D eigenvalue weighted by molar-refractivity contribution is 6.27. The van der Waals surface area contributed by atoms with Gasteiger partial charge >= 0.3 is 0 Å². The summed E-state index contributed by atoms with van der Waals surface area (Å²) in [6, 6.07) is 5.52. The molecular weight excluding hydrogens is 235 g/mol. The number of rotatable bonds is 3. The summed E-state index contributed by atoms with van der Waals surface area (Å²) in [5.41, 5.74) is 4.95. The predicted octanol–water partition coefficient (Wildman–Crippen LogP) is 0.754. The zero-order valence-electron chi connectivity index (χ0n) is 8.30. The highest BCUT2D eigenvalue weighted by atomic mass is 35.5. The Bertz CT molecular complexity index is 381. The van der Waals surface area contributed by atoms with Gasteiger partial charge in [-0.3, -0.25) is 20.4 Å². The van der Waals surface area contributed by atoms with Crippen LogP contribution in [0.2, 0.25) is 0 Å². The molecule has 0 unspecified atom stereocenters. The third-order valence-corrected chi connectivity index (χ3v) is 1.98. The smallest absolute Gasteiger partial charge is 0.253 e. The second-order valence-electron chi connectivity index (χ2n) is 3.03. The van der Waals surface area contributed by atoms with Gasteiger partial charge in [-0.1, -0.05) is 12.1 Å². The number of halogens is 2. The van der Waals surface area contributed by atoms with Crippen LogP contribution in [0, 0.1) is 5.82 Å². The number of hydrogen-bond acceptors (Lipinski definition) is 2. The van der Waals surface area contributed by atoms with E-state index in [-0.39, 0.29) is 18.1 Å². The highest BCUT2D eigenvalue weighted by Crippen LogP contribution is 2.02. The first-order chi connectivity index (χ1) is 7.61. The van der Waals surface area contributed by atoms with Crippen LogP contribution in [-0.2, 0) is 16.0 Å². The molecule has 0 heterocycles. The van der Waals surface area contributed by atoms with Crippen molar-refractivity contribution in [3.05, 3.63) is 35.6 Å². The van der Waals surface area contributed by atoms with Crippen molar-refractivity contribution in [2.24, 2.45) is 0 Å². The maximum atomic E-state index is 12.6. The first-order valence-electron chi connectivity index (χ1n) is 4.50. The minimum Gasteiger partial charge on any atom is -0.273 e. The largest absolute Gasteiger partial charge is 0.273 e. The second-order valence-corrected chi connectivity index (χ2v) is 3.30. The maximum Gasteiger partial charge on any atom is 0.253 e. The first kappa shape index (κ1) is 12.4. The number of alkyl halides is 1. The van der Waals surface area contributed by atoms with Crippen LogP contribution in [0.3, 0.4) is 0 Å². The quantitative estimate of drug-likeness (QED) is 0.609. The molecule has 1 rings (SSSR count). The minimum atomic E-state index is -0.492. The van der Waals surface area contributed by atoms with E-state index in [9.17, 15) is 14.0 Å². The van der Waals surface area contributed by atoms with Gasteiger partial charge in [-0.25, -0.2) is 4.39 Å². The molecule has 2 amide bonds. The monoisotopic (exact) mass is 244 g/mol. The van der Waals surface area contributed by atoms with Gasteiger partial charge in [-0.05, 0) is 17.7 Å². The standard InChI is InChI=1S/C10H10ClFN2O2/c11-6-10(16)14-13-9(15)5-7-1-3-8(12)4-2-7/h1-4H,5-6H2,(H,13,15)(H,14,16). The summed E-state index contributed by atoms with van der Waals surface area (Å²) >= 11 is 5.21. The Kier molecular flexibility index (Phi) is 4.72. The van der Waals surface area contributed by atoms with Crippen molar-refractivity contribution < 1.29 is 14.0 Å². The molecule has 0 atom stereocenters. The van der Waals surface area contributed by atoms with E-state index in [2.05, 4.69) is 10.9 Å². The molecular formula is C10H10ClFN2O2. The van der Waals surface area contributed by atoms with Gasteiger partial charge < -0.3 is 0 Å². The van der Waals surface area contributed by atoms with Crippen molar-refractivity contribution >= 4 is 23.4 Å². The van der Waals surface area contributed by atoms with E-state index in [1.807, 2.05) is 0 Å². The second kappa shape index (κ2) is 6.07. The Morgan fingerprint density at radius 3 is 2.25 bits per heavy atom. The van der Waals surface area contributed by atoms with Crippen LogP contribution in [0.25, 0.3) is 0 Å². The van der Waals surface area contributed by atoms with Crippen LogP contribution >= 0.6 is 11.6 Å². The Balaban J connectivity index is 2.40. The molecule has 0 aliphatic rings. The van der Waals surface area contributed by atoms with Crippen molar-refractivity contribution in [3.8, 4) is 0 Å². The number of amides is 2. The third-order valence-electron chi connectivity index (χ3n) is 1.74. The van der Waals surface area contributed by atoms with Crippen LogP contribution in [0.4, 0.5) is 4.39 Å². The lowest BCUT2D eigenvalue weighted by atomic mass is 10.1. The maximum absolute atomic E-state index is 12.6. The molecule has 86 valence electrons. The molecule has 16 heavy (non-hydrogen) atoms. The van der Waals surface area contributed by atoms with Gasteiger partial charge in [-0.2, -0.15) is 0 Å². The summed E-state index contributed by atoms with van der Waals surface area (Å²) in [5, 5.41) is 0. The van der Waals surface area contributed by atoms with Crippen molar-refractivity contribution in [1.29, 1.82) is 0 Å². The van der Waals surface area contributed by atoms with Crippen LogP contribution in [-0.4, -0.2) is 17.7 Å². The Morgan fingerprint density at radius 2 is 1.69 bits per heavy atom. The number of nitrogens with one attached hydrogen (secondary N) is 2. The van der Waals surface area contributed by atoms with E-state index in [1.54, 1.807) is 0 Å². The molecule has 0 aliphatic heterocycles. The van der Waals surface area contributed by atoms with E-state index >= 15 is 0 Å². The first-order valence-corrected chi connectivity index (χ1v) is 5.03. The lowest BCUT2D eigenvalue weighted by Gasteiger charge is -2.05. The summed E-state index contributed by atoms with van der Waals surface area (Å²) in [5.74, 6) is -1.48. The topological polar surface area (TPSA) is 58.2 Å². The minimum absolute atomic E-state index is 0.0584. The van der Waals surface area contributed by atoms with Crippen LogP contribution < -0.4 is 10.9 Å². The Labute approximate surface area is 96.8 Å². The van der Waals surface area contributed by atoms with Gasteiger partial charge in [0.2, 0.25) is 5.91 Å². The number of benzene rings is 1. The van der Waals surface area contributed by atoms with E-state index in [0.717, 1.165) is 0 Å². The average molecular weight is 245 g/mol. The fraction of sp³-hybridized carbons (Fsp3) is 0.200. The van der Waals surface area contributed by atoms with Gasteiger partial charge in [0.15, 0.2) is 0 Å². The van der Waals surface area contributed by atoms with E-state index in [1.165, 1.54) is 24.3 Å². The van der Waals surface area contributed by atoms with Crippen molar-refractivity contribution in [3.63, 3.8) is 0 Å². The molecule has 0 bridgehead atoms. The number of carbonyl (C=O) groups is 2. The summed E-state index contributed by atoms with van der Waals surface area (Å²) in [4.78, 5) is 22.0. The summed E-state index contributed by atoms with van der Waals surface area (Å²) < 4.78 is 12.6. The number of carbonyl (C=O) groups excluding carboxylic acids is 2. The molecule has 0 radical (unpaired) electrons. The molecule has 0 saturated carbocycles. The number of hydrogen-bond donors (Lipinski definition) is 2. The van der Waals surface area contributed by atoms with E-state index < -0.39 is 11.8 Å². The van der Waals surface area contributed by atoms with Gasteiger partial charge in [0, 0.05) is 0 Å². The highest BCUT2D eigenvalue weighted by Gasteiger charge is 2.04. The molecule has 0 fully saturated rings. The molecule has 0 spiro atoms. The van der Waals surface area contributed by atoms with Gasteiger partial charge in [0.25, 0.3) is 5.91 Å². The molecule has 0 aliphatic carbocycles. The molecule has 0 aromatic heterocycles. The molecule has 4 nitrogen and oxygen atoms in total. The molecule has 1 aromatic rings. The normalized spacial score (nSPS) is 9.62. The van der Waals surface area contributed by atoms with Crippen molar-refractivity contribution in [2.45, 2.75) is 6.42 Å². The molecule has 6 heteroatoms. The van der Waals surface area contributed by atoms with Crippen molar-refractivity contribution in [1.82, 2.24) is 10.9 Å². The SMILES string of the molecule is O=C(CCl)NNC(=O)Cc1ccc(F)cc1. The summed E-state index contributed by atoms with van der Waals surface area (Å²) in [6.45, 7) is 0. The molecule has 0 saturated heterocycles. The van der Waals surface area contributed by atoms with Crippen LogP contribution in [0.15, 0.2) is 24.3 Å². The lowest BCUT2D eigenvalue weighted by Crippen LogP contribution is -2.42. The van der Waals surface area contributed by atoms with Crippen LogP contribution in [0.1, 0.15) is 5.56 Å². The van der Waals surface area contributed by atoms with E-state index in [4.69, 9.17) is 11.6 Å². The van der Waals surface area contributed by atoms with Gasteiger partial charge in [0.1, 0.15) is 11.7 Å². The van der Waals surface area contributed by atoms with Crippen molar-refractivity contribution in [2.75, 3.05) is 5.88 Å². The Hall–Kier alpha value is -1.62. The number of hydrazine groups is 1. The van der Waals surface area contributed by atoms with E-state index in [0.29, 0.717) is 5.56 Å². The molecule has 1 aromatic carbocycles. The predicted molar refractivity (Wildman–Crippen MR) is 57.1 cm³/mol. The van der Waals surface area contributed by atoms with Gasteiger partial charge in [-0.15, -0.1) is 11.6 Å². The van der Waals surface area contributed by atoms with Crippen LogP contribution in [0.5, 0.6) is 0 Å².